The summed E-state index contributed by atoms with van der Waals surface area (Å²) in [5.41, 5.74) is 10.9. The Kier molecular flexibility index (Phi) is 7.02. The predicted molar refractivity (Wildman–Crippen MR) is 147 cm³/mol. The van der Waals surface area contributed by atoms with Gasteiger partial charge in [0.1, 0.15) is 4.83 Å². The van der Waals surface area contributed by atoms with E-state index in [2.05, 4.69) is 47.4 Å². The molecule has 1 aliphatic carbocycles. The molecule has 194 valence electrons. The lowest BCUT2D eigenvalue weighted by molar-refractivity contribution is 0.0942. The van der Waals surface area contributed by atoms with Gasteiger partial charge in [-0.3, -0.25) is 4.79 Å². The van der Waals surface area contributed by atoms with Gasteiger partial charge >= 0.3 is 0 Å². The van der Waals surface area contributed by atoms with Gasteiger partial charge in [-0.2, -0.15) is 0 Å². The van der Waals surface area contributed by atoms with Crippen molar-refractivity contribution in [2.45, 2.75) is 52.3 Å². The molecule has 0 bridgehead atoms. The number of rotatable bonds is 7. The molecular formula is C28H34N6O2S. The summed E-state index contributed by atoms with van der Waals surface area (Å²) in [6.07, 6.45) is 5.31. The number of aromatic amines is 1. The fraction of sp³-hybridized carbons (Fsp3) is 0.393. The number of aryl methyl sites for hydroxylation is 1. The van der Waals surface area contributed by atoms with Crippen LogP contribution in [0.2, 0.25) is 0 Å². The van der Waals surface area contributed by atoms with Crippen LogP contribution in [0.25, 0.3) is 10.2 Å². The summed E-state index contributed by atoms with van der Waals surface area (Å²) >= 11 is 1.42. The first-order valence-electron chi connectivity index (χ1n) is 12.7. The van der Waals surface area contributed by atoms with Crippen molar-refractivity contribution in [3.63, 3.8) is 0 Å². The first-order chi connectivity index (χ1) is 17.7. The van der Waals surface area contributed by atoms with Crippen LogP contribution in [-0.2, 0) is 12.8 Å². The Labute approximate surface area is 220 Å². The molecule has 0 spiro atoms. The number of benzene rings is 1. The number of nitrogens with one attached hydrogen (secondary N) is 3. The summed E-state index contributed by atoms with van der Waals surface area (Å²) in [5.74, 6) is 0.469. The van der Waals surface area contributed by atoms with E-state index in [9.17, 15) is 9.90 Å². The number of aliphatic hydroxyl groups is 1. The van der Waals surface area contributed by atoms with Crippen LogP contribution >= 0.6 is 11.3 Å². The molecule has 8 nitrogen and oxygen atoms in total. The maximum absolute atomic E-state index is 13.2. The maximum atomic E-state index is 13.2. The van der Waals surface area contributed by atoms with Crippen LogP contribution in [0.4, 0.5) is 5.69 Å². The zero-order valence-electron chi connectivity index (χ0n) is 21.4. The number of anilines is 1. The molecule has 9 heteroatoms. The highest BCUT2D eigenvalue weighted by Crippen LogP contribution is 2.38. The van der Waals surface area contributed by atoms with Gasteiger partial charge in [-0.05, 0) is 66.0 Å². The van der Waals surface area contributed by atoms with Gasteiger partial charge in [0.25, 0.3) is 5.91 Å². The van der Waals surface area contributed by atoms with Crippen molar-refractivity contribution in [1.29, 1.82) is 0 Å². The number of imidazole rings is 1. The molecule has 1 aromatic carbocycles. The van der Waals surface area contributed by atoms with Crippen molar-refractivity contribution in [2.75, 3.05) is 11.9 Å². The number of nitrogens with two attached hydrogens (primary N) is 1. The van der Waals surface area contributed by atoms with Crippen LogP contribution in [0, 0.1) is 11.3 Å². The van der Waals surface area contributed by atoms with Crippen LogP contribution in [-0.4, -0.2) is 32.5 Å². The van der Waals surface area contributed by atoms with Crippen molar-refractivity contribution >= 4 is 33.1 Å². The number of aromatic nitrogens is 3. The molecule has 0 saturated heterocycles. The fourth-order valence-corrected chi connectivity index (χ4v) is 5.92. The van der Waals surface area contributed by atoms with E-state index in [0.29, 0.717) is 22.2 Å². The monoisotopic (exact) mass is 518 g/mol. The van der Waals surface area contributed by atoms with E-state index in [1.54, 1.807) is 6.20 Å². The molecule has 3 heterocycles. The first kappa shape index (κ1) is 25.4. The van der Waals surface area contributed by atoms with Crippen molar-refractivity contribution in [3.8, 4) is 0 Å². The Bertz CT molecular complexity index is 1390. The Hall–Kier alpha value is -3.27. The third-order valence-corrected chi connectivity index (χ3v) is 8.31. The number of nitrogens with zero attached hydrogens (tertiary/aromatic N) is 2. The summed E-state index contributed by atoms with van der Waals surface area (Å²) < 4.78 is 0. The minimum absolute atomic E-state index is 0.167. The largest absolute Gasteiger partial charge is 0.368 e. The zero-order chi connectivity index (χ0) is 26.2. The lowest BCUT2D eigenvalue weighted by Gasteiger charge is -2.34. The van der Waals surface area contributed by atoms with Crippen molar-refractivity contribution in [2.24, 2.45) is 17.1 Å². The van der Waals surface area contributed by atoms with Crippen molar-refractivity contribution in [3.05, 3.63) is 76.3 Å². The molecule has 1 aliphatic rings. The highest BCUT2D eigenvalue weighted by Gasteiger charge is 2.30. The van der Waals surface area contributed by atoms with E-state index < -0.39 is 6.23 Å². The van der Waals surface area contributed by atoms with E-state index in [4.69, 9.17) is 10.7 Å². The van der Waals surface area contributed by atoms with Gasteiger partial charge in [-0.1, -0.05) is 32.9 Å². The smallest absolute Gasteiger partial charge is 0.261 e. The van der Waals surface area contributed by atoms with Crippen LogP contribution in [0.1, 0.15) is 71.6 Å². The molecular weight excluding hydrogens is 484 g/mol. The molecule has 0 saturated carbocycles. The summed E-state index contributed by atoms with van der Waals surface area (Å²) in [6, 6.07) is 11.3. The molecule has 5 rings (SSSR count). The van der Waals surface area contributed by atoms with Crippen molar-refractivity contribution in [1.82, 2.24) is 20.3 Å². The van der Waals surface area contributed by atoms with E-state index in [1.807, 2.05) is 30.3 Å². The second-order valence-corrected chi connectivity index (χ2v) is 11.9. The summed E-state index contributed by atoms with van der Waals surface area (Å²) in [4.78, 5) is 26.5. The van der Waals surface area contributed by atoms with Crippen LogP contribution in [0.3, 0.4) is 0 Å². The molecule has 1 amide bonds. The normalized spacial score (nSPS) is 17.3. The van der Waals surface area contributed by atoms with Gasteiger partial charge in [0.05, 0.1) is 29.1 Å². The molecule has 0 aliphatic heterocycles. The van der Waals surface area contributed by atoms with Crippen molar-refractivity contribution < 1.29 is 9.90 Å². The number of carbonyl (C=O) groups excluding carboxylic acids is 1. The van der Waals surface area contributed by atoms with Crippen LogP contribution < -0.4 is 16.4 Å². The van der Waals surface area contributed by atoms with Gasteiger partial charge in [-0.15, -0.1) is 11.3 Å². The number of hydrogen-bond acceptors (Lipinski definition) is 7. The average Bonchev–Trinajstić information content (AvgIpc) is 3.55. The summed E-state index contributed by atoms with van der Waals surface area (Å²) in [7, 11) is 0. The number of hydrogen-bond donors (Lipinski definition) is 5. The summed E-state index contributed by atoms with van der Waals surface area (Å²) in [5, 5.41) is 17.5. The third kappa shape index (κ3) is 5.53. The molecule has 0 fully saturated rings. The zero-order valence-corrected chi connectivity index (χ0v) is 22.2. The molecule has 37 heavy (non-hydrogen) atoms. The molecule has 1 unspecified atom stereocenters. The molecule has 4 aromatic rings. The standard InChI is InChI=1S/C28H34N6O2S/c1-28(2,3)19-7-8-21-17(10-19)9-18-12-24(37-27(18)34-21)26(36)33-22(13-29)16-5-4-6-20(11-16)32-25(35)23-14-30-15-31-23/h4-6,9,11-12,14-15,19,22,25,32,35H,7-8,10,13,29H2,1-3H3,(H,30,31)(H,33,36)/t19-,22-,25?/m1/s1. The highest BCUT2D eigenvalue weighted by atomic mass is 32.1. The Balaban J connectivity index is 1.31. The fourth-order valence-electron chi connectivity index (χ4n) is 4.98. The lowest BCUT2D eigenvalue weighted by atomic mass is 9.71. The topological polar surface area (TPSA) is 129 Å². The molecule has 3 atom stereocenters. The number of fused-ring (bicyclic) bond motifs is 2. The number of carbonyl (C=O) groups is 1. The van der Waals surface area contributed by atoms with E-state index >= 15 is 0 Å². The minimum atomic E-state index is -0.931. The Morgan fingerprint density at radius 2 is 2.14 bits per heavy atom. The van der Waals surface area contributed by atoms with Crippen LogP contribution in [0.15, 0.2) is 48.9 Å². The average molecular weight is 519 g/mol. The predicted octanol–water partition coefficient (Wildman–Crippen LogP) is 4.70. The van der Waals surface area contributed by atoms with Gasteiger partial charge in [0.15, 0.2) is 6.23 Å². The van der Waals surface area contributed by atoms with E-state index in [-0.39, 0.29) is 23.9 Å². The van der Waals surface area contributed by atoms with Gasteiger partial charge in [0.2, 0.25) is 0 Å². The number of pyridine rings is 1. The van der Waals surface area contributed by atoms with Gasteiger partial charge in [0, 0.05) is 23.3 Å². The maximum Gasteiger partial charge on any atom is 0.261 e. The number of aliphatic hydroxyl groups excluding tert-OH is 1. The Morgan fingerprint density at radius 3 is 2.86 bits per heavy atom. The molecule has 3 aromatic heterocycles. The third-order valence-electron chi connectivity index (χ3n) is 7.27. The molecule has 0 radical (unpaired) electrons. The van der Waals surface area contributed by atoms with E-state index in [0.717, 1.165) is 35.0 Å². The van der Waals surface area contributed by atoms with Gasteiger partial charge < -0.3 is 26.5 Å². The minimum Gasteiger partial charge on any atom is -0.368 e. The second kappa shape index (κ2) is 10.2. The lowest BCUT2D eigenvalue weighted by Crippen LogP contribution is -2.33. The van der Waals surface area contributed by atoms with Gasteiger partial charge in [-0.25, -0.2) is 9.97 Å². The quantitative estimate of drug-likeness (QED) is 0.226. The second-order valence-electron chi connectivity index (χ2n) is 10.8. The molecule has 6 N–H and O–H groups in total. The summed E-state index contributed by atoms with van der Waals surface area (Å²) in [6.45, 7) is 7.16. The SMILES string of the molecule is CC(C)(C)[C@@H]1CCc2nc3sc(C(=O)N[C@H](CN)c4cccc(NC(O)c5cnc[nH]5)c4)cc3cc2C1. The first-order valence-corrected chi connectivity index (χ1v) is 13.5. The van der Waals surface area contributed by atoms with Crippen LogP contribution in [0.5, 0.6) is 0 Å². The van der Waals surface area contributed by atoms with E-state index in [1.165, 1.54) is 28.9 Å². The number of H-pyrrole nitrogens is 1. The number of thiophene rings is 1. The highest BCUT2D eigenvalue weighted by molar-refractivity contribution is 7.20. The Morgan fingerprint density at radius 1 is 1.30 bits per heavy atom. The number of amides is 1.